The zero-order valence-corrected chi connectivity index (χ0v) is 16.0. The molecule has 0 amide bonds. The third kappa shape index (κ3) is 14.2. The lowest BCUT2D eigenvalue weighted by molar-refractivity contribution is -0.0311. The summed E-state index contributed by atoms with van der Waals surface area (Å²) in [5.74, 6) is 0. The van der Waals surface area contributed by atoms with E-state index in [0.29, 0.717) is 59.0 Å². The summed E-state index contributed by atoms with van der Waals surface area (Å²) >= 11 is 0. The predicted molar refractivity (Wildman–Crippen MR) is 95.6 cm³/mol. The molecule has 1 saturated carbocycles. The lowest BCUT2D eigenvalue weighted by Gasteiger charge is -2.21. The molecule has 0 aromatic heterocycles. The largest absolute Gasteiger partial charge is 0.379 e. The van der Waals surface area contributed by atoms with Crippen LogP contribution in [0, 0.1) is 5.41 Å². The summed E-state index contributed by atoms with van der Waals surface area (Å²) in [5, 5.41) is 0. The number of hydrogen-bond donors (Lipinski definition) is 0. The Hall–Kier alpha value is -0.200. The maximum atomic E-state index is 5.80. The van der Waals surface area contributed by atoms with Crippen molar-refractivity contribution < 1.29 is 23.7 Å². The molecule has 5 heteroatoms. The summed E-state index contributed by atoms with van der Waals surface area (Å²) < 4.78 is 27.7. The van der Waals surface area contributed by atoms with Crippen LogP contribution in [0.25, 0.3) is 0 Å². The lowest BCUT2D eigenvalue weighted by Crippen LogP contribution is -2.20. The second-order valence-electron chi connectivity index (χ2n) is 7.58. The SMILES string of the molecule is CC(C)(C)COCCOCCOCCOCCOC1CCCCC1. The van der Waals surface area contributed by atoms with E-state index in [1.165, 1.54) is 32.1 Å². The first-order chi connectivity index (χ1) is 11.6. The van der Waals surface area contributed by atoms with E-state index in [4.69, 9.17) is 23.7 Å². The highest BCUT2D eigenvalue weighted by Gasteiger charge is 2.13. The van der Waals surface area contributed by atoms with Crippen LogP contribution in [0.15, 0.2) is 0 Å². The average Bonchev–Trinajstić information content (AvgIpc) is 2.55. The van der Waals surface area contributed by atoms with Crippen molar-refractivity contribution in [3.8, 4) is 0 Å². The lowest BCUT2D eigenvalue weighted by atomic mass is 9.98. The van der Waals surface area contributed by atoms with E-state index in [-0.39, 0.29) is 5.41 Å². The smallest absolute Gasteiger partial charge is 0.0704 e. The molecule has 1 fully saturated rings. The summed E-state index contributed by atoms with van der Waals surface area (Å²) in [5.41, 5.74) is 0.213. The Kier molecular flexibility index (Phi) is 12.8. The standard InChI is InChI=1S/C19H38O5/c1-19(2,3)17-23-14-13-21-10-9-20-11-12-22-15-16-24-18-7-5-4-6-8-18/h18H,4-17H2,1-3H3. The first-order valence-corrected chi connectivity index (χ1v) is 9.50. The van der Waals surface area contributed by atoms with E-state index < -0.39 is 0 Å². The maximum absolute atomic E-state index is 5.80. The van der Waals surface area contributed by atoms with Gasteiger partial charge in [-0.3, -0.25) is 0 Å². The number of ether oxygens (including phenoxy) is 5. The van der Waals surface area contributed by atoms with Gasteiger partial charge in [-0.1, -0.05) is 40.0 Å². The summed E-state index contributed by atoms with van der Waals surface area (Å²) in [6, 6.07) is 0. The van der Waals surface area contributed by atoms with Crippen molar-refractivity contribution in [1.82, 2.24) is 0 Å². The molecular weight excluding hydrogens is 308 g/mol. The molecule has 0 aliphatic heterocycles. The minimum atomic E-state index is 0.213. The Labute approximate surface area is 148 Å². The molecule has 0 unspecified atom stereocenters. The van der Waals surface area contributed by atoms with Crippen LogP contribution in [0.1, 0.15) is 52.9 Å². The second-order valence-corrected chi connectivity index (χ2v) is 7.58. The molecule has 24 heavy (non-hydrogen) atoms. The fraction of sp³-hybridized carbons (Fsp3) is 1.00. The van der Waals surface area contributed by atoms with Crippen LogP contribution in [0.5, 0.6) is 0 Å². The van der Waals surface area contributed by atoms with Gasteiger partial charge in [0.25, 0.3) is 0 Å². The fourth-order valence-electron chi connectivity index (χ4n) is 2.54. The molecule has 0 atom stereocenters. The molecule has 0 spiro atoms. The van der Waals surface area contributed by atoms with Crippen LogP contribution in [0.4, 0.5) is 0 Å². The van der Waals surface area contributed by atoms with E-state index in [9.17, 15) is 0 Å². The molecule has 0 radical (unpaired) electrons. The molecule has 1 aliphatic rings. The quantitative estimate of drug-likeness (QED) is 0.451. The van der Waals surface area contributed by atoms with Crippen LogP contribution in [0.3, 0.4) is 0 Å². The molecule has 1 rings (SSSR count). The molecule has 0 aromatic rings. The molecule has 0 aromatic carbocycles. The fourth-order valence-corrected chi connectivity index (χ4v) is 2.54. The molecular formula is C19H38O5. The van der Waals surface area contributed by atoms with Gasteiger partial charge in [-0.05, 0) is 18.3 Å². The van der Waals surface area contributed by atoms with Gasteiger partial charge in [0.1, 0.15) is 0 Å². The van der Waals surface area contributed by atoms with E-state index >= 15 is 0 Å². The van der Waals surface area contributed by atoms with Gasteiger partial charge in [0, 0.05) is 0 Å². The Morgan fingerprint density at radius 3 is 1.58 bits per heavy atom. The minimum Gasteiger partial charge on any atom is -0.379 e. The molecule has 0 N–H and O–H groups in total. The number of hydrogen-bond acceptors (Lipinski definition) is 5. The van der Waals surface area contributed by atoms with Crippen LogP contribution in [-0.4, -0.2) is 65.6 Å². The van der Waals surface area contributed by atoms with Crippen molar-refractivity contribution in [1.29, 1.82) is 0 Å². The first-order valence-electron chi connectivity index (χ1n) is 9.50. The molecule has 1 aliphatic carbocycles. The van der Waals surface area contributed by atoms with Gasteiger partial charge >= 0.3 is 0 Å². The highest BCUT2D eigenvalue weighted by molar-refractivity contribution is 4.64. The van der Waals surface area contributed by atoms with Crippen molar-refractivity contribution in [3.05, 3.63) is 0 Å². The van der Waals surface area contributed by atoms with Gasteiger partial charge in [0.15, 0.2) is 0 Å². The molecule has 0 saturated heterocycles. The molecule has 0 heterocycles. The Morgan fingerprint density at radius 2 is 1.08 bits per heavy atom. The summed E-state index contributed by atoms with van der Waals surface area (Å²) in [6.07, 6.45) is 6.87. The van der Waals surface area contributed by atoms with Crippen LogP contribution in [-0.2, 0) is 23.7 Å². The Bertz CT molecular complexity index is 271. The van der Waals surface area contributed by atoms with Crippen molar-refractivity contribution in [3.63, 3.8) is 0 Å². The van der Waals surface area contributed by atoms with Gasteiger partial charge in [-0.25, -0.2) is 0 Å². The maximum Gasteiger partial charge on any atom is 0.0704 e. The van der Waals surface area contributed by atoms with Crippen molar-refractivity contribution in [2.24, 2.45) is 5.41 Å². The molecule has 0 bridgehead atoms. The van der Waals surface area contributed by atoms with Gasteiger partial charge in [-0.15, -0.1) is 0 Å². The molecule has 5 nitrogen and oxygen atoms in total. The normalized spacial score (nSPS) is 16.6. The van der Waals surface area contributed by atoms with Gasteiger partial charge in [-0.2, -0.15) is 0 Å². The molecule has 144 valence electrons. The van der Waals surface area contributed by atoms with Gasteiger partial charge in [0.2, 0.25) is 0 Å². The Morgan fingerprint density at radius 1 is 0.625 bits per heavy atom. The zero-order chi connectivity index (χ0) is 17.5. The third-order valence-corrected chi connectivity index (χ3v) is 3.78. The highest BCUT2D eigenvalue weighted by atomic mass is 16.6. The van der Waals surface area contributed by atoms with E-state index in [2.05, 4.69) is 20.8 Å². The van der Waals surface area contributed by atoms with Crippen molar-refractivity contribution in [2.45, 2.75) is 59.0 Å². The summed E-state index contributed by atoms with van der Waals surface area (Å²) in [7, 11) is 0. The van der Waals surface area contributed by atoms with Crippen LogP contribution in [0.2, 0.25) is 0 Å². The third-order valence-electron chi connectivity index (χ3n) is 3.78. The van der Waals surface area contributed by atoms with Crippen LogP contribution < -0.4 is 0 Å². The minimum absolute atomic E-state index is 0.213. The highest BCUT2D eigenvalue weighted by Crippen LogP contribution is 2.19. The van der Waals surface area contributed by atoms with Crippen LogP contribution >= 0.6 is 0 Å². The average molecular weight is 347 g/mol. The van der Waals surface area contributed by atoms with E-state index in [0.717, 1.165) is 6.61 Å². The topological polar surface area (TPSA) is 46.2 Å². The summed E-state index contributed by atoms with van der Waals surface area (Å²) in [4.78, 5) is 0. The van der Waals surface area contributed by atoms with E-state index in [1.807, 2.05) is 0 Å². The number of rotatable bonds is 14. The van der Waals surface area contributed by atoms with E-state index in [1.54, 1.807) is 0 Å². The van der Waals surface area contributed by atoms with Gasteiger partial charge in [0.05, 0.1) is 65.6 Å². The van der Waals surface area contributed by atoms with Crippen molar-refractivity contribution >= 4 is 0 Å². The Balaban J connectivity index is 1.70. The first kappa shape index (κ1) is 21.8. The zero-order valence-electron chi connectivity index (χ0n) is 16.0. The van der Waals surface area contributed by atoms with Gasteiger partial charge < -0.3 is 23.7 Å². The second kappa shape index (κ2) is 14.0. The van der Waals surface area contributed by atoms with Crippen molar-refractivity contribution in [2.75, 3.05) is 59.5 Å². The monoisotopic (exact) mass is 346 g/mol. The summed E-state index contributed by atoms with van der Waals surface area (Å²) in [6.45, 7) is 12.3. The predicted octanol–water partition coefficient (Wildman–Crippen LogP) is 3.45.